The first-order valence-electron chi connectivity index (χ1n) is 11.6. The molecular weight excluding hydrogens is 458 g/mol. The molecule has 188 valence electrons. The number of likely N-dealkylation sites (N-methyl/N-ethyl adjacent to an activating group) is 1. The second kappa shape index (κ2) is 13.7. The lowest BCUT2D eigenvalue weighted by Gasteiger charge is -2.25. The number of ether oxygens (including phenoxy) is 1. The van der Waals surface area contributed by atoms with E-state index in [1.807, 2.05) is 91.0 Å². The molecule has 0 unspecified atom stereocenters. The van der Waals surface area contributed by atoms with Gasteiger partial charge in [0.2, 0.25) is 5.91 Å². The van der Waals surface area contributed by atoms with Crippen LogP contribution in [0.5, 0.6) is 0 Å². The molecule has 36 heavy (non-hydrogen) atoms. The van der Waals surface area contributed by atoms with Crippen LogP contribution in [0.25, 0.3) is 0 Å². The Labute approximate surface area is 211 Å². The summed E-state index contributed by atoms with van der Waals surface area (Å²) in [6, 6.07) is 26.1. The lowest BCUT2D eigenvalue weighted by Crippen LogP contribution is -2.55. The molecule has 3 rings (SSSR count). The molecule has 0 heterocycles. The Morgan fingerprint density at radius 1 is 0.722 bits per heavy atom. The standard InChI is InChI=1S/C28H31N3O5/c1-31(35-2)27(33)25(19-22-14-8-4-9-15-22)29-26(32)24(18-21-12-6-3-7-13-21)30-28(34)36-20-23-16-10-5-11-17-23/h3-17,24-25H,18-20H2,1-2H3,(H,29,32)(H,30,34)/t24-,25+/m0/s1. The largest absolute Gasteiger partial charge is 0.445 e. The summed E-state index contributed by atoms with van der Waals surface area (Å²) in [4.78, 5) is 44.0. The number of hydrogen-bond donors (Lipinski definition) is 2. The van der Waals surface area contributed by atoms with Crippen LogP contribution < -0.4 is 10.6 Å². The molecule has 3 amide bonds. The maximum absolute atomic E-state index is 13.4. The molecule has 0 aliphatic carbocycles. The van der Waals surface area contributed by atoms with Crippen molar-refractivity contribution in [3.05, 3.63) is 108 Å². The van der Waals surface area contributed by atoms with Crippen LogP contribution in [-0.2, 0) is 38.6 Å². The van der Waals surface area contributed by atoms with Crippen LogP contribution in [0.15, 0.2) is 91.0 Å². The molecular formula is C28H31N3O5. The number of alkyl carbamates (subject to hydrolysis) is 1. The first-order valence-corrected chi connectivity index (χ1v) is 11.6. The van der Waals surface area contributed by atoms with Gasteiger partial charge >= 0.3 is 6.09 Å². The zero-order chi connectivity index (χ0) is 25.8. The molecule has 0 fully saturated rings. The molecule has 2 atom stereocenters. The van der Waals surface area contributed by atoms with E-state index in [0.29, 0.717) is 0 Å². The summed E-state index contributed by atoms with van der Waals surface area (Å²) in [6.45, 7) is 0.0695. The fraction of sp³-hybridized carbons (Fsp3) is 0.250. The highest BCUT2D eigenvalue weighted by atomic mass is 16.7. The number of amides is 3. The molecule has 0 aliphatic rings. The topological polar surface area (TPSA) is 97.0 Å². The number of carbonyl (C=O) groups is 3. The van der Waals surface area contributed by atoms with Gasteiger partial charge in [0.25, 0.3) is 5.91 Å². The van der Waals surface area contributed by atoms with E-state index in [1.54, 1.807) is 0 Å². The summed E-state index contributed by atoms with van der Waals surface area (Å²) < 4.78 is 5.32. The molecule has 3 aromatic carbocycles. The van der Waals surface area contributed by atoms with Gasteiger partial charge in [-0.3, -0.25) is 14.4 Å². The van der Waals surface area contributed by atoms with Crippen molar-refractivity contribution < 1.29 is 24.0 Å². The molecule has 0 saturated carbocycles. The van der Waals surface area contributed by atoms with Crippen molar-refractivity contribution in [2.75, 3.05) is 14.2 Å². The summed E-state index contributed by atoms with van der Waals surface area (Å²) in [5.74, 6) is -0.922. The van der Waals surface area contributed by atoms with Crippen LogP contribution in [0.1, 0.15) is 16.7 Å². The number of hydroxylamine groups is 2. The van der Waals surface area contributed by atoms with E-state index in [-0.39, 0.29) is 19.4 Å². The fourth-order valence-corrected chi connectivity index (χ4v) is 3.60. The van der Waals surface area contributed by atoms with Gasteiger partial charge in [-0.15, -0.1) is 0 Å². The first kappa shape index (κ1) is 26.4. The minimum atomic E-state index is -0.963. The van der Waals surface area contributed by atoms with Crippen LogP contribution in [0.4, 0.5) is 4.79 Å². The van der Waals surface area contributed by atoms with Crippen molar-refractivity contribution in [1.29, 1.82) is 0 Å². The first-order chi connectivity index (χ1) is 17.5. The molecule has 8 heteroatoms. The summed E-state index contributed by atoms with van der Waals surface area (Å²) in [5, 5.41) is 6.53. The van der Waals surface area contributed by atoms with E-state index >= 15 is 0 Å². The Bertz CT molecular complexity index is 1110. The Morgan fingerprint density at radius 3 is 1.69 bits per heavy atom. The highest BCUT2D eigenvalue weighted by molar-refractivity contribution is 5.91. The number of nitrogens with one attached hydrogen (secondary N) is 2. The summed E-state index contributed by atoms with van der Waals surface area (Å²) in [5.41, 5.74) is 2.55. The number of benzene rings is 3. The van der Waals surface area contributed by atoms with Crippen LogP contribution in [-0.4, -0.2) is 49.2 Å². The third-order valence-electron chi connectivity index (χ3n) is 5.59. The minimum absolute atomic E-state index is 0.0695. The third kappa shape index (κ3) is 8.25. The summed E-state index contributed by atoms with van der Waals surface area (Å²) in [7, 11) is 2.86. The molecule has 3 aromatic rings. The van der Waals surface area contributed by atoms with Crippen molar-refractivity contribution in [3.8, 4) is 0 Å². The molecule has 0 aliphatic heterocycles. The van der Waals surface area contributed by atoms with E-state index in [9.17, 15) is 14.4 Å². The Hall–Kier alpha value is -4.17. The van der Waals surface area contributed by atoms with Crippen LogP contribution in [0.2, 0.25) is 0 Å². The van der Waals surface area contributed by atoms with Crippen molar-refractivity contribution in [2.45, 2.75) is 31.5 Å². The molecule has 0 aromatic heterocycles. The normalized spacial score (nSPS) is 12.2. The van der Waals surface area contributed by atoms with Crippen molar-refractivity contribution >= 4 is 17.9 Å². The average Bonchev–Trinajstić information content (AvgIpc) is 2.92. The number of rotatable bonds is 11. The highest BCUT2D eigenvalue weighted by Gasteiger charge is 2.29. The van der Waals surface area contributed by atoms with Gasteiger partial charge in [-0.25, -0.2) is 9.86 Å². The SMILES string of the molecule is CON(C)C(=O)[C@@H](Cc1ccccc1)NC(=O)[C@H](Cc1ccccc1)NC(=O)OCc1ccccc1. The number of hydrogen-bond acceptors (Lipinski definition) is 5. The monoisotopic (exact) mass is 489 g/mol. The van der Waals surface area contributed by atoms with Crippen molar-refractivity contribution in [3.63, 3.8) is 0 Å². The van der Waals surface area contributed by atoms with Crippen LogP contribution in [0, 0.1) is 0 Å². The van der Waals surface area contributed by atoms with Crippen LogP contribution >= 0.6 is 0 Å². The lowest BCUT2D eigenvalue weighted by atomic mass is 10.0. The Kier molecular flexibility index (Phi) is 10.0. The molecule has 8 nitrogen and oxygen atoms in total. The van der Waals surface area contributed by atoms with Gasteiger partial charge in [-0.2, -0.15) is 0 Å². The van der Waals surface area contributed by atoms with Gasteiger partial charge in [-0.1, -0.05) is 91.0 Å². The van der Waals surface area contributed by atoms with Gasteiger partial charge in [0, 0.05) is 19.9 Å². The Balaban J connectivity index is 1.74. The lowest BCUT2D eigenvalue weighted by molar-refractivity contribution is -0.171. The second-order valence-electron chi connectivity index (χ2n) is 8.22. The second-order valence-corrected chi connectivity index (χ2v) is 8.22. The fourth-order valence-electron chi connectivity index (χ4n) is 3.60. The summed E-state index contributed by atoms with van der Waals surface area (Å²) in [6.07, 6.45) is -0.246. The van der Waals surface area contributed by atoms with E-state index in [4.69, 9.17) is 9.57 Å². The van der Waals surface area contributed by atoms with Gasteiger partial charge in [0.05, 0.1) is 7.11 Å². The maximum Gasteiger partial charge on any atom is 0.408 e. The number of carbonyl (C=O) groups excluding carboxylic acids is 3. The van der Waals surface area contributed by atoms with E-state index in [2.05, 4.69) is 10.6 Å². The van der Waals surface area contributed by atoms with E-state index < -0.39 is 30.0 Å². The molecule has 0 bridgehead atoms. The van der Waals surface area contributed by atoms with Gasteiger partial charge in [0.15, 0.2) is 0 Å². The predicted molar refractivity (Wildman–Crippen MR) is 136 cm³/mol. The third-order valence-corrected chi connectivity index (χ3v) is 5.59. The zero-order valence-corrected chi connectivity index (χ0v) is 20.4. The van der Waals surface area contributed by atoms with Gasteiger partial charge < -0.3 is 15.4 Å². The van der Waals surface area contributed by atoms with Gasteiger partial charge in [0.1, 0.15) is 18.7 Å². The van der Waals surface area contributed by atoms with E-state index in [0.717, 1.165) is 21.8 Å². The smallest absolute Gasteiger partial charge is 0.408 e. The minimum Gasteiger partial charge on any atom is -0.445 e. The quantitative estimate of drug-likeness (QED) is 0.403. The zero-order valence-electron chi connectivity index (χ0n) is 20.4. The predicted octanol–water partition coefficient (Wildman–Crippen LogP) is 3.27. The van der Waals surface area contributed by atoms with Gasteiger partial charge in [-0.05, 0) is 16.7 Å². The maximum atomic E-state index is 13.4. The average molecular weight is 490 g/mol. The Morgan fingerprint density at radius 2 is 1.19 bits per heavy atom. The molecule has 2 N–H and O–H groups in total. The van der Waals surface area contributed by atoms with Crippen molar-refractivity contribution in [1.82, 2.24) is 15.7 Å². The summed E-state index contributed by atoms with van der Waals surface area (Å²) >= 11 is 0. The van der Waals surface area contributed by atoms with Crippen molar-refractivity contribution in [2.24, 2.45) is 0 Å². The molecule has 0 radical (unpaired) electrons. The van der Waals surface area contributed by atoms with Crippen LogP contribution in [0.3, 0.4) is 0 Å². The highest BCUT2D eigenvalue weighted by Crippen LogP contribution is 2.09. The number of nitrogens with zero attached hydrogens (tertiary/aromatic N) is 1. The molecule has 0 saturated heterocycles. The van der Waals surface area contributed by atoms with E-state index in [1.165, 1.54) is 14.2 Å². The molecule has 0 spiro atoms.